The Bertz CT molecular complexity index is 734. The average Bonchev–Trinajstić information content (AvgIpc) is 2.61. The fourth-order valence-electron chi connectivity index (χ4n) is 3.27. The maximum Gasteiger partial charge on any atom is 0.221 e. The van der Waals surface area contributed by atoms with Crippen LogP contribution in [0.25, 0.3) is 0 Å². The smallest absolute Gasteiger partial charge is 0.221 e. The van der Waals surface area contributed by atoms with Crippen LogP contribution in [0.3, 0.4) is 0 Å². The molecule has 0 bridgehead atoms. The molecule has 26 heavy (non-hydrogen) atoms. The van der Waals surface area contributed by atoms with Crippen LogP contribution in [0.1, 0.15) is 30.4 Å². The number of halogens is 1. The number of rotatable bonds is 8. The van der Waals surface area contributed by atoms with Gasteiger partial charge in [-0.25, -0.2) is 0 Å². The number of likely N-dealkylation sites (N-methyl/N-ethyl adjacent to an activating group) is 1. The van der Waals surface area contributed by atoms with Crippen LogP contribution in [0.2, 0.25) is 5.02 Å². The van der Waals surface area contributed by atoms with Crippen molar-refractivity contribution < 1.29 is 9.90 Å². The van der Waals surface area contributed by atoms with Gasteiger partial charge in [-0.15, -0.1) is 0 Å². The van der Waals surface area contributed by atoms with E-state index in [1.165, 1.54) is 0 Å². The van der Waals surface area contributed by atoms with E-state index in [2.05, 4.69) is 11.8 Å². The number of hydrogen-bond acceptors (Lipinski definition) is 3. The van der Waals surface area contributed by atoms with E-state index in [4.69, 9.17) is 17.3 Å². The van der Waals surface area contributed by atoms with E-state index in [-0.39, 0.29) is 29.5 Å². The summed E-state index contributed by atoms with van der Waals surface area (Å²) in [7, 11) is 4.00. The number of hydrogen-bond donors (Lipinski definition) is 2. The number of nitrogens with zero attached hydrogens (tertiary/aromatic N) is 1. The number of phenols is 1. The van der Waals surface area contributed by atoms with Crippen molar-refractivity contribution in [3.05, 3.63) is 64.7 Å². The maximum atomic E-state index is 12.2. The first-order valence-corrected chi connectivity index (χ1v) is 9.15. The zero-order chi connectivity index (χ0) is 19.3. The molecule has 1 amide bonds. The lowest BCUT2D eigenvalue weighted by molar-refractivity contribution is -0.123. The molecule has 2 aromatic carbocycles. The summed E-state index contributed by atoms with van der Waals surface area (Å²) >= 11 is 6.03. The van der Waals surface area contributed by atoms with E-state index >= 15 is 0 Å². The lowest BCUT2D eigenvalue weighted by atomic mass is 9.81. The molecule has 0 spiro atoms. The molecule has 3 atom stereocenters. The molecule has 140 valence electrons. The van der Waals surface area contributed by atoms with Gasteiger partial charge in [-0.3, -0.25) is 4.79 Å². The molecule has 0 saturated heterocycles. The summed E-state index contributed by atoms with van der Waals surface area (Å²) in [6.45, 7) is 2.05. The van der Waals surface area contributed by atoms with E-state index in [9.17, 15) is 9.90 Å². The van der Waals surface area contributed by atoms with Gasteiger partial charge in [0.05, 0.1) is 5.02 Å². The van der Waals surface area contributed by atoms with Crippen molar-refractivity contribution in [3.63, 3.8) is 0 Å². The zero-order valence-electron chi connectivity index (χ0n) is 15.5. The van der Waals surface area contributed by atoms with Gasteiger partial charge in [-0.2, -0.15) is 0 Å². The summed E-state index contributed by atoms with van der Waals surface area (Å²) < 4.78 is 0. The van der Waals surface area contributed by atoms with Gasteiger partial charge >= 0.3 is 0 Å². The van der Waals surface area contributed by atoms with Crippen molar-refractivity contribution >= 4 is 17.5 Å². The lowest BCUT2D eigenvalue weighted by Crippen LogP contribution is -2.38. The monoisotopic (exact) mass is 374 g/mol. The minimum atomic E-state index is -0.281. The van der Waals surface area contributed by atoms with Crippen molar-refractivity contribution in [1.82, 2.24) is 4.90 Å². The number of aromatic hydroxyl groups is 1. The first kappa shape index (κ1) is 20.3. The van der Waals surface area contributed by atoms with Crippen LogP contribution >= 0.6 is 11.6 Å². The van der Waals surface area contributed by atoms with Gasteiger partial charge in [0.1, 0.15) is 5.75 Å². The van der Waals surface area contributed by atoms with Crippen molar-refractivity contribution in [2.45, 2.75) is 31.7 Å². The summed E-state index contributed by atoms with van der Waals surface area (Å²) in [4.78, 5) is 14.3. The SMILES string of the molecule is CC(c1ccccc1)C(C[C@@H](Cc1ccc(O)c(Cl)c1)N(C)C)C(N)=O. The standard InChI is InChI=1S/C21H27ClN2O2/c1-14(16-7-5-4-6-8-16)18(21(23)26)13-17(24(2)3)11-15-9-10-20(25)19(22)12-15/h4-10,12,14,17-18,25H,11,13H2,1-3H3,(H2,23,26)/t14?,17-,18?/m1/s1. The molecule has 0 saturated carbocycles. The van der Waals surface area contributed by atoms with Crippen molar-refractivity contribution in [2.75, 3.05) is 14.1 Å². The summed E-state index contributed by atoms with van der Waals surface area (Å²) in [6, 6.07) is 15.3. The molecule has 0 heterocycles. The Labute approximate surface area is 160 Å². The second kappa shape index (κ2) is 9.06. The van der Waals surface area contributed by atoms with Crippen LogP contribution in [0.4, 0.5) is 0 Å². The molecule has 0 aliphatic heterocycles. The van der Waals surface area contributed by atoms with Gasteiger partial charge in [0.15, 0.2) is 0 Å². The van der Waals surface area contributed by atoms with E-state index < -0.39 is 0 Å². The first-order valence-electron chi connectivity index (χ1n) is 8.77. The van der Waals surface area contributed by atoms with Gasteiger partial charge in [-0.1, -0.05) is 54.9 Å². The van der Waals surface area contributed by atoms with Crippen LogP contribution < -0.4 is 5.73 Å². The van der Waals surface area contributed by atoms with Gasteiger partial charge in [0.25, 0.3) is 0 Å². The van der Waals surface area contributed by atoms with E-state index in [1.807, 2.05) is 50.5 Å². The highest BCUT2D eigenvalue weighted by Crippen LogP contribution is 2.30. The number of carbonyl (C=O) groups is 1. The molecule has 2 aromatic rings. The van der Waals surface area contributed by atoms with Gasteiger partial charge in [-0.05, 0) is 56.1 Å². The molecule has 0 radical (unpaired) electrons. The highest BCUT2D eigenvalue weighted by atomic mass is 35.5. The number of carbonyl (C=O) groups excluding carboxylic acids is 1. The molecule has 2 unspecified atom stereocenters. The second-order valence-corrected chi connectivity index (χ2v) is 7.46. The highest BCUT2D eigenvalue weighted by Gasteiger charge is 2.28. The summed E-state index contributed by atoms with van der Waals surface area (Å²) in [5, 5.41) is 9.94. The molecule has 0 aliphatic carbocycles. The van der Waals surface area contributed by atoms with Crippen LogP contribution in [0.15, 0.2) is 48.5 Å². The summed E-state index contributed by atoms with van der Waals surface area (Å²) in [6.07, 6.45) is 1.37. The highest BCUT2D eigenvalue weighted by molar-refractivity contribution is 6.32. The third-order valence-corrected chi connectivity index (χ3v) is 5.34. The van der Waals surface area contributed by atoms with Crippen molar-refractivity contribution in [2.24, 2.45) is 11.7 Å². The van der Waals surface area contributed by atoms with Crippen molar-refractivity contribution in [1.29, 1.82) is 0 Å². The number of benzene rings is 2. The molecular formula is C21H27ClN2O2. The third-order valence-electron chi connectivity index (χ3n) is 5.03. The topological polar surface area (TPSA) is 66.6 Å². The molecule has 0 aromatic heterocycles. The minimum absolute atomic E-state index is 0.0413. The quantitative estimate of drug-likeness (QED) is 0.738. The second-order valence-electron chi connectivity index (χ2n) is 7.05. The number of primary amides is 1. The fraction of sp³-hybridized carbons (Fsp3) is 0.381. The lowest BCUT2D eigenvalue weighted by Gasteiger charge is -2.30. The van der Waals surface area contributed by atoms with E-state index in [0.29, 0.717) is 11.4 Å². The Morgan fingerprint density at radius 2 is 1.85 bits per heavy atom. The van der Waals surface area contributed by atoms with Crippen molar-refractivity contribution in [3.8, 4) is 5.75 Å². The molecule has 4 nitrogen and oxygen atoms in total. The Kier molecular flexibility index (Phi) is 7.06. The molecule has 0 aliphatic rings. The van der Waals surface area contributed by atoms with Gasteiger partial charge < -0.3 is 15.7 Å². The predicted molar refractivity (Wildman–Crippen MR) is 106 cm³/mol. The van der Waals surface area contributed by atoms with E-state index in [1.54, 1.807) is 12.1 Å². The zero-order valence-corrected chi connectivity index (χ0v) is 16.3. The van der Waals surface area contributed by atoms with Gasteiger partial charge in [0.2, 0.25) is 5.91 Å². The van der Waals surface area contributed by atoms with Gasteiger partial charge in [0, 0.05) is 12.0 Å². The summed E-state index contributed by atoms with van der Waals surface area (Å²) in [5.41, 5.74) is 7.88. The molecular weight excluding hydrogens is 348 g/mol. The minimum Gasteiger partial charge on any atom is -0.506 e. The van der Waals surface area contributed by atoms with Crippen LogP contribution in [-0.2, 0) is 11.2 Å². The fourth-order valence-corrected chi connectivity index (χ4v) is 3.48. The summed E-state index contributed by atoms with van der Waals surface area (Å²) in [5.74, 6) is -0.432. The molecule has 0 fully saturated rings. The normalized spacial score (nSPS) is 14.8. The molecule has 3 N–H and O–H groups in total. The predicted octanol–water partition coefficient (Wildman–Crippen LogP) is 3.81. The number of phenolic OH excluding ortho intramolecular Hbond substituents is 1. The molecule has 2 rings (SSSR count). The third kappa shape index (κ3) is 5.23. The van der Waals surface area contributed by atoms with E-state index in [0.717, 1.165) is 17.5 Å². The largest absolute Gasteiger partial charge is 0.506 e. The Hall–Kier alpha value is -2.04. The van der Waals surface area contributed by atoms with Crippen LogP contribution in [0.5, 0.6) is 5.75 Å². The van der Waals surface area contributed by atoms with Crippen LogP contribution in [0, 0.1) is 5.92 Å². The average molecular weight is 375 g/mol. The first-order chi connectivity index (χ1) is 12.3. The Morgan fingerprint density at radius 1 is 1.19 bits per heavy atom. The maximum absolute atomic E-state index is 12.2. The van der Waals surface area contributed by atoms with Crippen LogP contribution in [-0.4, -0.2) is 36.1 Å². The Balaban J connectivity index is 2.19. The number of amides is 1. The molecule has 5 heteroatoms. The Morgan fingerprint density at radius 3 is 2.38 bits per heavy atom. The number of nitrogens with two attached hydrogens (primary N) is 1.